The number of thioether (sulfide) groups is 1. The molecule has 1 atom stereocenters. The van der Waals surface area contributed by atoms with E-state index in [-0.39, 0.29) is 5.69 Å². The molecular formula is C10H13N3O2S. The second-order valence-electron chi connectivity index (χ2n) is 3.61. The zero-order valence-electron chi connectivity index (χ0n) is 8.72. The Morgan fingerprint density at radius 1 is 1.56 bits per heavy atom. The molecule has 2 rings (SSSR count). The Balaban J connectivity index is 1.87. The topological polar surface area (TPSA) is 75.1 Å². The Hall–Kier alpha value is -1.30. The number of anilines is 1. The molecule has 6 heteroatoms. The second-order valence-corrected chi connectivity index (χ2v) is 5.02. The molecule has 0 amide bonds. The van der Waals surface area contributed by atoms with Crippen molar-refractivity contribution < 1.29 is 9.90 Å². The summed E-state index contributed by atoms with van der Waals surface area (Å²) in [6.45, 7) is 0.867. The van der Waals surface area contributed by atoms with Crippen LogP contribution < -0.4 is 5.32 Å². The van der Waals surface area contributed by atoms with Gasteiger partial charge in [0.05, 0.1) is 12.4 Å². The van der Waals surface area contributed by atoms with Crippen LogP contribution in [-0.2, 0) is 0 Å². The highest BCUT2D eigenvalue weighted by molar-refractivity contribution is 8.00. The Kier molecular flexibility index (Phi) is 3.61. The summed E-state index contributed by atoms with van der Waals surface area (Å²) >= 11 is 1.96. The molecule has 1 aliphatic heterocycles. The fourth-order valence-corrected chi connectivity index (χ4v) is 2.75. The van der Waals surface area contributed by atoms with Crippen LogP contribution in [0, 0.1) is 0 Å². The SMILES string of the molecule is O=C(O)c1cnc(NCC2CCCS2)cn1. The number of carboxylic acid groups (broad SMARTS) is 1. The molecule has 2 N–H and O–H groups in total. The molecule has 0 bridgehead atoms. The van der Waals surface area contributed by atoms with Crippen molar-refractivity contribution in [3.8, 4) is 0 Å². The summed E-state index contributed by atoms with van der Waals surface area (Å²) in [6.07, 6.45) is 5.24. The van der Waals surface area contributed by atoms with Gasteiger partial charge in [-0.05, 0) is 18.6 Å². The van der Waals surface area contributed by atoms with Crippen LogP contribution in [0.25, 0.3) is 0 Å². The van der Waals surface area contributed by atoms with Gasteiger partial charge in [-0.3, -0.25) is 0 Å². The van der Waals surface area contributed by atoms with Crippen molar-refractivity contribution >= 4 is 23.5 Å². The molecule has 1 aliphatic rings. The van der Waals surface area contributed by atoms with Gasteiger partial charge >= 0.3 is 5.97 Å². The summed E-state index contributed by atoms with van der Waals surface area (Å²) in [5.41, 5.74) is -0.0270. The lowest BCUT2D eigenvalue weighted by atomic mass is 10.2. The molecular weight excluding hydrogens is 226 g/mol. The number of nitrogens with one attached hydrogen (secondary N) is 1. The van der Waals surface area contributed by atoms with E-state index < -0.39 is 5.97 Å². The molecule has 1 aromatic heterocycles. The predicted octanol–water partition coefficient (Wildman–Crippen LogP) is 1.48. The maximum atomic E-state index is 10.6. The van der Waals surface area contributed by atoms with E-state index in [1.807, 2.05) is 11.8 Å². The molecule has 16 heavy (non-hydrogen) atoms. The number of nitrogens with zero attached hydrogens (tertiary/aromatic N) is 2. The lowest BCUT2D eigenvalue weighted by Crippen LogP contribution is -2.15. The summed E-state index contributed by atoms with van der Waals surface area (Å²) in [4.78, 5) is 18.3. The van der Waals surface area contributed by atoms with Crippen LogP contribution in [-0.4, -0.2) is 38.6 Å². The fraction of sp³-hybridized carbons (Fsp3) is 0.500. The Bertz CT molecular complexity index is 363. The van der Waals surface area contributed by atoms with Gasteiger partial charge in [0.2, 0.25) is 0 Å². The third-order valence-electron chi connectivity index (χ3n) is 2.41. The van der Waals surface area contributed by atoms with E-state index in [1.54, 1.807) is 0 Å². The first kappa shape index (κ1) is 11.2. The van der Waals surface area contributed by atoms with Crippen molar-refractivity contribution in [2.24, 2.45) is 0 Å². The maximum Gasteiger partial charge on any atom is 0.356 e. The monoisotopic (exact) mass is 239 g/mol. The zero-order valence-corrected chi connectivity index (χ0v) is 9.54. The van der Waals surface area contributed by atoms with Gasteiger partial charge in [0.25, 0.3) is 0 Å². The smallest absolute Gasteiger partial charge is 0.356 e. The highest BCUT2D eigenvalue weighted by Crippen LogP contribution is 2.25. The molecule has 0 aromatic carbocycles. The largest absolute Gasteiger partial charge is 0.476 e. The van der Waals surface area contributed by atoms with E-state index in [9.17, 15) is 4.79 Å². The number of hydrogen-bond donors (Lipinski definition) is 2. The molecule has 1 unspecified atom stereocenters. The average Bonchev–Trinajstić information content (AvgIpc) is 2.80. The van der Waals surface area contributed by atoms with Crippen LogP contribution in [0.2, 0.25) is 0 Å². The van der Waals surface area contributed by atoms with Gasteiger partial charge in [0, 0.05) is 11.8 Å². The second kappa shape index (κ2) is 5.16. The first-order chi connectivity index (χ1) is 7.75. The average molecular weight is 239 g/mol. The van der Waals surface area contributed by atoms with Crippen LogP contribution in [0.1, 0.15) is 23.3 Å². The van der Waals surface area contributed by atoms with E-state index in [0.29, 0.717) is 11.1 Å². The van der Waals surface area contributed by atoms with Crippen LogP contribution in [0.5, 0.6) is 0 Å². The number of carbonyl (C=O) groups is 1. The fourth-order valence-electron chi connectivity index (χ4n) is 1.55. The van der Waals surface area contributed by atoms with E-state index >= 15 is 0 Å². The summed E-state index contributed by atoms with van der Waals surface area (Å²) in [5, 5.41) is 12.5. The molecule has 5 nitrogen and oxygen atoms in total. The number of carboxylic acids is 1. The minimum atomic E-state index is -1.05. The summed E-state index contributed by atoms with van der Waals surface area (Å²) < 4.78 is 0. The molecule has 0 aliphatic carbocycles. The minimum absolute atomic E-state index is 0.0270. The van der Waals surface area contributed by atoms with Crippen molar-refractivity contribution in [2.45, 2.75) is 18.1 Å². The molecule has 1 aromatic rings. The molecule has 1 fully saturated rings. The van der Waals surface area contributed by atoms with Gasteiger partial charge in [-0.25, -0.2) is 14.8 Å². The quantitative estimate of drug-likeness (QED) is 0.829. The first-order valence-corrected chi connectivity index (χ1v) is 6.21. The lowest BCUT2D eigenvalue weighted by molar-refractivity contribution is 0.0690. The van der Waals surface area contributed by atoms with Crippen molar-refractivity contribution in [3.05, 3.63) is 18.1 Å². The van der Waals surface area contributed by atoms with E-state index in [2.05, 4.69) is 15.3 Å². The van der Waals surface area contributed by atoms with E-state index in [0.717, 1.165) is 6.54 Å². The maximum absolute atomic E-state index is 10.6. The van der Waals surface area contributed by atoms with Gasteiger partial charge in [-0.2, -0.15) is 11.8 Å². The predicted molar refractivity (Wildman–Crippen MR) is 63.0 cm³/mol. The number of aromatic nitrogens is 2. The Morgan fingerprint density at radius 2 is 2.44 bits per heavy atom. The van der Waals surface area contributed by atoms with E-state index in [1.165, 1.54) is 31.0 Å². The standard InChI is InChI=1S/C10H13N3O2S/c14-10(15)8-5-13-9(6-11-8)12-4-7-2-1-3-16-7/h5-7H,1-4H2,(H,12,13)(H,14,15). The number of rotatable bonds is 4. The molecule has 2 heterocycles. The van der Waals surface area contributed by atoms with Crippen molar-refractivity contribution in [1.29, 1.82) is 0 Å². The Morgan fingerprint density at radius 3 is 3.00 bits per heavy atom. The van der Waals surface area contributed by atoms with Crippen LogP contribution in [0.15, 0.2) is 12.4 Å². The lowest BCUT2D eigenvalue weighted by Gasteiger charge is -2.09. The van der Waals surface area contributed by atoms with Crippen molar-refractivity contribution in [1.82, 2.24) is 9.97 Å². The minimum Gasteiger partial charge on any atom is -0.476 e. The van der Waals surface area contributed by atoms with Gasteiger partial charge in [0.15, 0.2) is 5.69 Å². The summed E-state index contributed by atoms with van der Waals surface area (Å²) in [6, 6.07) is 0. The molecule has 0 radical (unpaired) electrons. The molecule has 0 spiro atoms. The molecule has 86 valence electrons. The van der Waals surface area contributed by atoms with Gasteiger partial charge in [0.1, 0.15) is 5.82 Å². The van der Waals surface area contributed by atoms with Crippen LogP contribution >= 0.6 is 11.8 Å². The summed E-state index contributed by atoms with van der Waals surface area (Å²) in [5.74, 6) is 0.818. The van der Waals surface area contributed by atoms with Gasteiger partial charge in [-0.1, -0.05) is 0 Å². The third-order valence-corrected chi connectivity index (χ3v) is 3.80. The van der Waals surface area contributed by atoms with Gasteiger partial charge in [-0.15, -0.1) is 0 Å². The van der Waals surface area contributed by atoms with Crippen LogP contribution in [0.3, 0.4) is 0 Å². The molecule has 1 saturated heterocycles. The van der Waals surface area contributed by atoms with E-state index in [4.69, 9.17) is 5.11 Å². The zero-order chi connectivity index (χ0) is 11.4. The highest BCUT2D eigenvalue weighted by atomic mass is 32.2. The Labute approximate surface area is 97.7 Å². The highest BCUT2D eigenvalue weighted by Gasteiger charge is 2.15. The van der Waals surface area contributed by atoms with Gasteiger partial charge < -0.3 is 10.4 Å². The van der Waals surface area contributed by atoms with Crippen LogP contribution in [0.4, 0.5) is 5.82 Å². The first-order valence-electron chi connectivity index (χ1n) is 5.16. The summed E-state index contributed by atoms with van der Waals surface area (Å²) in [7, 11) is 0. The molecule has 0 saturated carbocycles. The number of hydrogen-bond acceptors (Lipinski definition) is 5. The normalized spacial score (nSPS) is 19.6. The number of aromatic carboxylic acids is 1. The third kappa shape index (κ3) is 2.85. The van der Waals surface area contributed by atoms with Crippen molar-refractivity contribution in [2.75, 3.05) is 17.6 Å². The van der Waals surface area contributed by atoms with Crippen molar-refractivity contribution in [3.63, 3.8) is 0 Å².